The zero-order valence-electron chi connectivity index (χ0n) is 8.40. The van der Waals surface area contributed by atoms with Crippen molar-refractivity contribution in [3.63, 3.8) is 0 Å². The van der Waals surface area contributed by atoms with E-state index in [-0.39, 0.29) is 5.91 Å². The van der Waals surface area contributed by atoms with Crippen molar-refractivity contribution in [3.8, 4) is 0 Å². The quantitative estimate of drug-likeness (QED) is 0.607. The number of carbonyl (C=O) groups excluding carboxylic acids is 1. The Labute approximate surface area is 116 Å². The molecule has 84 valence electrons. The predicted molar refractivity (Wildman–Crippen MR) is 77.6 cm³/mol. The maximum Gasteiger partial charge on any atom is 0.266 e. The lowest BCUT2D eigenvalue weighted by Crippen LogP contribution is -2.27. The molecule has 1 aliphatic heterocycles. The number of halogens is 1. The van der Waals surface area contributed by atoms with E-state index in [9.17, 15) is 4.79 Å². The van der Waals surface area contributed by atoms with Gasteiger partial charge in [-0.2, -0.15) is 0 Å². The van der Waals surface area contributed by atoms with E-state index in [1.807, 2.05) is 24.4 Å². The van der Waals surface area contributed by atoms with Gasteiger partial charge in [0, 0.05) is 21.3 Å². The van der Waals surface area contributed by atoms with Gasteiger partial charge in [0.05, 0.1) is 4.91 Å². The molecule has 2 nitrogen and oxygen atoms in total. The number of nitrogens with zero attached hydrogens (tertiary/aromatic N) is 1. The van der Waals surface area contributed by atoms with E-state index in [1.165, 1.54) is 11.8 Å². The number of hydrogen-bond acceptors (Lipinski definition) is 4. The molecule has 0 aromatic carbocycles. The van der Waals surface area contributed by atoms with Crippen LogP contribution in [0.4, 0.5) is 0 Å². The number of carbonyl (C=O) groups is 1. The molecule has 0 atom stereocenters. The van der Waals surface area contributed by atoms with Crippen molar-refractivity contribution in [2.24, 2.45) is 0 Å². The van der Waals surface area contributed by atoms with Crippen molar-refractivity contribution >= 4 is 67.6 Å². The summed E-state index contributed by atoms with van der Waals surface area (Å²) in [6.07, 6.45) is 1.89. The molecule has 1 amide bonds. The lowest BCUT2D eigenvalue weighted by Gasteiger charge is -2.09. The van der Waals surface area contributed by atoms with Gasteiger partial charge in [-0.1, -0.05) is 24.0 Å². The third-order valence-electron chi connectivity index (χ3n) is 2.05. The van der Waals surface area contributed by atoms with Gasteiger partial charge in [-0.15, -0.1) is 11.3 Å². The second kappa shape index (κ2) is 5.00. The standard InChI is InChI=1S/C10H8BrNOS3/c1-2-12-9(13)8(16-10(12)14)4-7-3-6(11)5-15-7/h3-5H,2H2,1H3/b8-4-. The molecule has 0 bridgehead atoms. The van der Waals surface area contributed by atoms with Crippen molar-refractivity contribution in [3.05, 3.63) is 25.7 Å². The van der Waals surface area contributed by atoms with Gasteiger partial charge in [0.25, 0.3) is 5.91 Å². The molecular formula is C10H8BrNOS3. The number of thioether (sulfide) groups is 1. The summed E-state index contributed by atoms with van der Waals surface area (Å²) in [5, 5.41) is 1.99. The van der Waals surface area contributed by atoms with Crippen LogP contribution in [0.2, 0.25) is 0 Å². The Kier molecular flexibility index (Phi) is 3.84. The monoisotopic (exact) mass is 333 g/mol. The number of hydrogen-bond donors (Lipinski definition) is 0. The Morgan fingerprint density at radius 1 is 1.62 bits per heavy atom. The molecule has 1 aromatic rings. The van der Waals surface area contributed by atoms with E-state index in [0.29, 0.717) is 15.8 Å². The first-order chi connectivity index (χ1) is 7.61. The molecular weight excluding hydrogens is 326 g/mol. The molecule has 0 N–H and O–H groups in total. The first kappa shape index (κ1) is 12.3. The minimum absolute atomic E-state index is 0.0158. The maximum absolute atomic E-state index is 11.9. The molecule has 0 aliphatic carbocycles. The summed E-state index contributed by atoms with van der Waals surface area (Å²) < 4.78 is 1.68. The molecule has 0 unspecified atom stereocenters. The average Bonchev–Trinajstić information content (AvgIpc) is 2.74. The molecule has 1 fully saturated rings. The van der Waals surface area contributed by atoms with Crippen LogP contribution in [-0.2, 0) is 4.79 Å². The molecule has 1 saturated heterocycles. The molecule has 16 heavy (non-hydrogen) atoms. The van der Waals surface area contributed by atoms with Gasteiger partial charge in [0.2, 0.25) is 0 Å². The van der Waals surface area contributed by atoms with Gasteiger partial charge >= 0.3 is 0 Å². The van der Waals surface area contributed by atoms with Crippen LogP contribution in [0.1, 0.15) is 11.8 Å². The number of likely N-dealkylation sites (N-methyl/N-ethyl adjacent to an activating group) is 1. The van der Waals surface area contributed by atoms with Crippen LogP contribution in [0.15, 0.2) is 20.8 Å². The SMILES string of the molecule is CCN1C(=O)/C(=C/c2cc(Br)cs2)SC1=S. The Morgan fingerprint density at radius 3 is 2.88 bits per heavy atom. The van der Waals surface area contributed by atoms with Gasteiger partial charge < -0.3 is 0 Å². The highest BCUT2D eigenvalue weighted by Crippen LogP contribution is 2.33. The minimum atomic E-state index is 0.0158. The number of amides is 1. The highest BCUT2D eigenvalue weighted by molar-refractivity contribution is 9.10. The Morgan fingerprint density at radius 2 is 2.38 bits per heavy atom. The normalized spacial score (nSPS) is 18.9. The smallest absolute Gasteiger partial charge is 0.266 e. The average molecular weight is 334 g/mol. The Bertz CT molecular complexity index is 480. The molecule has 0 saturated carbocycles. The van der Waals surface area contributed by atoms with Crippen LogP contribution in [0.5, 0.6) is 0 Å². The molecule has 2 rings (SSSR count). The molecule has 0 radical (unpaired) electrons. The molecule has 2 heterocycles. The minimum Gasteiger partial charge on any atom is -0.293 e. The van der Waals surface area contributed by atoms with Gasteiger partial charge in [-0.25, -0.2) is 0 Å². The zero-order chi connectivity index (χ0) is 11.7. The molecule has 1 aliphatic rings. The first-order valence-electron chi connectivity index (χ1n) is 4.61. The highest BCUT2D eigenvalue weighted by atomic mass is 79.9. The topological polar surface area (TPSA) is 20.3 Å². The van der Waals surface area contributed by atoms with Gasteiger partial charge in [0.15, 0.2) is 0 Å². The highest BCUT2D eigenvalue weighted by Gasteiger charge is 2.30. The van der Waals surface area contributed by atoms with Crippen LogP contribution in [-0.4, -0.2) is 21.7 Å². The summed E-state index contributed by atoms with van der Waals surface area (Å²) in [6.45, 7) is 2.56. The van der Waals surface area contributed by atoms with Gasteiger partial charge in [0.1, 0.15) is 4.32 Å². The summed E-state index contributed by atoms with van der Waals surface area (Å²) in [7, 11) is 0. The molecule has 6 heteroatoms. The van der Waals surface area contributed by atoms with Crippen LogP contribution < -0.4 is 0 Å². The summed E-state index contributed by atoms with van der Waals surface area (Å²) >= 11 is 11.5. The second-order valence-corrected chi connectivity index (χ2v) is 6.63. The van der Waals surface area contributed by atoms with E-state index in [4.69, 9.17) is 12.2 Å². The van der Waals surface area contributed by atoms with E-state index < -0.39 is 0 Å². The van der Waals surface area contributed by atoms with Crippen LogP contribution in [0, 0.1) is 0 Å². The molecule has 1 aromatic heterocycles. The lowest BCUT2D eigenvalue weighted by atomic mass is 10.4. The Balaban J connectivity index is 2.27. The fourth-order valence-electron chi connectivity index (χ4n) is 1.31. The van der Waals surface area contributed by atoms with Crippen molar-refractivity contribution in [1.29, 1.82) is 0 Å². The fourth-order valence-corrected chi connectivity index (χ4v) is 4.13. The van der Waals surface area contributed by atoms with Crippen molar-refractivity contribution in [1.82, 2.24) is 4.90 Å². The van der Waals surface area contributed by atoms with Gasteiger partial charge in [-0.3, -0.25) is 9.69 Å². The van der Waals surface area contributed by atoms with Crippen LogP contribution >= 0.6 is 51.2 Å². The van der Waals surface area contributed by atoms with E-state index >= 15 is 0 Å². The van der Waals surface area contributed by atoms with Crippen molar-refractivity contribution in [2.75, 3.05) is 6.54 Å². The van der Waals surface area contributed by atoms with Crippen LogP contribution in [0.3, 0.4) is 0 Å². The maximum atomic E-state index is 11.9. The lowest BCUT2D eigenvalue weighted by molar-refractivity contribution is -0.121. The van der Waals surface area contributed by atoms with E-state index in [2.05, 4.69) is 15.9 Å². The molecule has 0 spiro atoms. The largest absolute Gasteiger partial charge is 0.293 e. The van der Waals surface area contributed by atoms with E-state index in [0.717, 1.165) is 9.35 Å². The Hall–Kier alpha value is -0.170. The predicted octanol–water partition coefficient (Wildman–Crippen LogP) is 3.73. The fraction of sp³-hybridized carbons (Fsp3) is 0.200. The third kappa shape index (κ3) is 2.40. The summed E-state index contributed by atoms with van der Waals surface area (Å²) in [6, 6.07) is 1.99. The van der Waals surface area contributed by atoms with Crippen molar-refractivity contribution in [2.45, 2.75) is 6.92 Å². The zero-order valence-corrected chi connectivity index (χ0v) is 12.4. The summed E-state index contributed by atoms with van der Waals surface area (Å²) in [5.41, 5.74) is 0. The number of thiocarbonyl (C=S) groups is 1. The number of thiophene rings is 1. The summed E-state index contributed by atoms with van der Waals surface area (Å²) in [4.78, 5) is 15.3. The third-order valence-corrected chi connectivity index (χ3v) is 5.07. The summed E-state index contributed by atoms with van der Waals surface area (Å²) in [5.74, 6) is 0.0158. The van der Waals surface area contributed by atoms with Crippen LogP contribution in [0.25, 0.3) is 6.08 Å². The second-order valence-electron chi connectivity index (χ2n) is 3.09. The first-order valence-corrected chi connectivity index (χ1v) is 7.51. The number of rotatable bonds is 2. The van der Waals surface area contributed by atoms with Gasteiger partial charge in [-0.05, 0) is 35.0 Å². The van der Waals surface area contributed by atoms with E-state index in [1.54, 1.807) is 16.2 Å². The van der Waals surface area contributed by atoms with Crippen molar-refractivity contribution < 1.29 is 4.79 Å².